The number of aryl methyl sites for hydroxylation is 1. The van der Waals surface area contributed by atoms with Crippen LogP contribution < -0.4 is 0 Å². The van der Waals surface area contributed by atoms with Crippen LogP contribution in [0.1, 0.15) is 104 Å². The first-order chi connectivity index (χ1) is 21.8. The first kappa shape index (κ1) is 32.3. The predicted molar refractivity (Wildman–Crippen MR) is 177 cm³/mol. The number of benzene rings is 3. The van der Waals surface area contributed by atoms with E-state index in [1.165, 1.54) is 12.5 Å². The molecule has 7 heteroatoms. The third-order valence-corrected chi connectivity index (χ3v) is 8.71. The number of halogens is 3. The summed E-state index contributed by atoms with van der Waals surface area (Å²) < 4.78 is 43.2. The number of carbonyl (C=O) groups excluding carboxylic acids is 1. The Morgan fingerprint density at radius 3 is 2.44 bits per heavy atom. The van der Waals surface area contributed by atoms with Gasteiger partial charge in [0.2, 0.25) is 6.43 Å². The van der Waals surface area contributed by atoms with E-state index in [-0.39, 0.29) is 18.2 Å². The van der Waals surface area contributed by atoms with E-state index in [1.54, 1.807) is 4.57 Å². The normalized spacial score (nSPS) is 16.0. The molecule has 0 spiro atoms. The van der Waals surface area contributed by atoms with Crippen LogP contribution in [0.3, 0.4) is 0 Å². The molecule has 0 N–H and O–H groups in total. The Bertz CT molecular complexity index is 1710. The van der Waals surface area contributed by atoms with Crippen molar-refractivity contribution < 1.29 is 18.0 Å². The van der Waals surface area contributed by atoms with Crippen LogP contribution in [0.25, 0.3) is 22.7 Å². The van der Waals surface area contributed by atoms with Crippen LogP contribution in [0.15, 0.2) is 78.4 Å². The molecule has 1 fully saturated rings. The minimum absolute atomic E-state index is 0.0492. The fraction of sp³-hybridized carbons (Fsp3) is 0.368. The molecule has 4 aromatic rings. The van der Waals surface area contributed by atoms with Crippen LogP contribution in [0.4, 0.5) is 13.2 Å². The highest BCUT2D eigenvalue weighted by Gasteiger charge is 2.30. The zero-order valence-electron chi connectivity index (χ0n) is 26.6. The van der Waals surface area contributed by atoms with Crippen molar-refractivity contribution >= 4 is 28.6 Å². The quantitative estimate of drug-likeness (QED) is 0.208. The number of allylic oxidation sites excluding steroid dienone is 2. The maximum Gasteiger partial charge on any atom is 0.253 e. The fourth-order valence-corrected chi connectivity index (χ4v) is 6.50. The van der Waals surface area contributed by atoms with E-state index in [0.29, 0.717) is 43.5 Å². The van der Waals surface area contributed by atoms with Crippen molar-refractivity contribution in [1.29, 1.82) is 0 Å². The summed E-state index contributed by atoms with van der Waals surface area (Å²) in [7, 11) is 0. The molecule has 236 valence electrons. The average Bonchev–Trinajstić information content (AvgIpc) is 3.36. The number of fused-ring (bicyclic) bond motifs is 2. The number of piperidine rings is 1. The van der Waals surface area contributed by atoms with Crippen molar-refractivity contribution in [2.75, 3.05) is 13.1 Å². The molecule has 6 rings (SSSR count). The zero-order valence-corrected chi connectivity index (χ0v) is 26.6. The van der Waals surface area contributed by atoms with E-state index in [1.807, 2.05) is 85.5 Å². The van der Waals surface area contributed by atoms with Gasteiger partial charge in [-0.15, -0.1) is 0 Å². The van der Waals surface area contributed by atoms with Crippen LogP contribution in [-0.2, 0) is 6.42 Å². The summed E-state index contributed by atoms with van der Waals surface area (Å²) in [5.41, 5.74) is 7.71. The SMILES string of the molecule is CC.CCc1cccc(C2=CCC(CC(F)F)=Cc3cc(C(=O)N4CCC(c5nc6ccccc6n5C(C)F)CC4)ccc32)c1. The minimum atomic E-state index is -2.44. The van der Waals surface area contributed by atoms with Gasteiger partial charge >= 0.3 is 0 Å². The molecule has 1 aliphatic carbocycles. The second-order valence-corrected chi connectivity index (χ2v) is 11.5. The second kappa shape index (κ2) is 14.3. The zero-order chi connectivity index (χ0) is 32.1. The van der Waals surface area contributed by atoms with Gasteiger partial charge in [0.25, 0.3) is 5.91 Å². The highest BCUT2D eigenvalue weighted by molar-refractivity contribution is 5.97. The molecule has 4 nitrogen and oxygen atoms in total. The smallest absolute Gasteiger partial charge is 0.253 e. The number of hydrogen-bond acceptors (Lipinski definition) is 2. The number of alkyl halides is 3. The lowest BCUT2D eigenvalue weighted by molar-refractivity contribution is 0.0708. The molecule has 1 amide bonds. The van der Waals surface area contributed by atoms with E-state index in [9.17, 15) is 18.0 Å². The lowest BCUT2D eigenvalue weighted by Gasteiger charge is -2.32. The predicted octanol–water partition coefficient (Wildman–Crippen LogP) is 10.0. The third kappa shape index (κ3) is 6.92. The van der Waals surface area contributed by atoms with E-state index < -0.39 is 12.7 Å². The Morgan fingerprint density at radius 2 is 1.73 bits per heavy atom. The summed E-state index contributed by atoms with van der Waals surface area (Å²) >= 11 is 0. The Morgan fingerprint density at radius 1 is 0.978 bits per heavy atom. The van der Waals surface area contributed by atoms with Crippen LogP contribution >= 0.6 is 0 Å². The highest BCUT2D eigenvalue weighted by atomic mass is 19.3. The van der Waals surface area contributed by atoms with Gasteiger partial charge in [0.1, 0.15) is 5.82 Å². The van der Waals surface area contributed by atoms with E-state index in [4.69, 9.17) is 4.98 Å². The summed E-state index contributed by atoms with van der Waals surface area (Å²) in [6.45, 7) is 8.70. The van der Waals surface area contributed by atoms with Gasteiger partial charge in [0, 0.05) is 31.0 Å². The number of nitrogens with zero attached hydrogens (tertiary/aromatic N) is 3. The molecule has 1 unspecified atom stereocenters. The van der Waals surface area contributed by atoms with Crippen LogP contribution in [0.5, 0.6) is 0 Å². The Labute approximate surface area is 264 Å². The number of rotatable bonds is 7. The number of para-hydroxylation sites is 2. The van der Waals surface area contributed by atoms with Gasteiger partial charge < -0.3 is 4.90 Å². The van der Waals surface area contributed by atoms with Gasteiger partial charge in [-0.2, -0.15) is 0 Å². The molecule has 2 aliphatic rings. The number of amides is 1. The largest absolute Gasteiger partial charge is 0.339 e. The van der Waals surface area contributed by atoms with Crippen molar-refractivity contribution in [2.45, 2.75) is 78.4 Å². The van der Waals surface area contributed by atoms with Gasteiger partial charge in [-0.05, 0) is 84.7 Å². The number of carbonyl (C=O) groups is 1. The average molecular weight is 614 g/mol. The van der Waals surface area contributed by atoms with Crippen molar-refractivity contribution in [2.24, 2.45) is 0 Å². The lowest BCUT2D eigenvalue weighted by Crippen LogP contribution is -2.38. The third-order valence-electron chi connectivity index (χ3n) is 8.71. The van der Waals surface area contributed by atoms with Gasteiger partial charge in [-0.3, -0.25) is 9.36 Å². The molecule has 1 atom stereocenters. The van der Waals surface area contributed by atoms with Gasteiger partial charge in [-0.1, -0.05) is 81.0 Å². The van der Waals surface area contributed by atoms with E-state index >= 15 is 0 Å². The molecular weight excluding hydrogens is 571 g/mol. The van der Waals surface area contributed by atoms with Crippen LogP contribution in [0, 0.1) is 0 Å². The molecule has 0 bridgehead atoms. The monoisotopic (exact) mass is 613 g/mol. The number of hydrogen-bond donors (Lipinski definition) is 0. The summed E-state index contributed by atoms with van der Waals surface area (Å²) in [6, 6.07) is 21.5. The molecule has 0 saturated carbocycles. The van der Waals surface area contributed by atoms with Gasteiger partial charge in [0.05, 0.1) is 11.0 Å². The first-order valence-corrected chi connectivity index (χ1v) is 16.1. The molecule has 1 aliphatic heterocycles. The summed E-state index contributed by atoms with van der Waals surface area (Å²) in [5.74, 6) is 0.699. The molecule has 1 aromatic heterocycles. The summed E-state index contributed by atoms with van der Waals surface area (Å²) in [6.07, 6.45) is 2.64. The number of imidazole rings is 1. The van der Waals surface area contributed by atoms with Crippen molar-refractivity contribution in [3.05, 3.63) is 112 Å². The molecule has 45 heavy (non-hydrogen) atoms. The highest BCUT2D eigenvalue weighted by Crippen LogP contribution is 2.36. The van der Waals surface area contributed by atoms with Gasteiger partial charge in [-0.25, -0.2) is 18.2 Å². The molecular formula is C38H42F3N3O. The number of aromatic nitrogens is 2. The maximum atomic E-state index is 14.7. The Balaban J connectivity index is 0.00000196. The molecule has 1 saturated heterocycles. The van der Waals surface area contributed by atoms with E-state index in [2.05, 4.69) is 19.1 Å². The minimum Gasteiger partial charge on any atom is -0.339 e. The Kier molecular flexibility index (Phi) is 10.3. The van der Waals surface area contributed by atoms with Crippen molar-refractivity contribution in [3.63, 3.8) is 0 Å². The van der Waals surface area contributed by atoms with Crippen molar-refractivity contribution in [1.82, 2.24) is 14.5 Å². The number of likely N-dealkylation sites (tertiary alicyclic amines) is 1. The van der Waals surface area contributed by atoms with Gasteiger partial charge in [0.15, 0.2) is 6.30 Å². The second-order valence-electron chi connectivity index (χ2n) is 11.5. The maximum absolute atomic E-state index is 14.7. The topological polar surface area (TPSA) is 38.1 Å². The van der Waals surface area contributed by atoms with Crippen molar-refractivity contribution in [3.8, 4) is 0 Å². The first-order valence-electron chi connectivity index (χ1n) is 16.1. The Hall–Kier alpha value is -4.13. The molecule has 0 radical (unpaired) electrons. The standard InChI is InChI=1S/C36H36F3N3O.C2H6/c1-3-24-7-6-8-27(19-24)30-13-11-25(21-34(38)39)20-29-22-28(12-14-31(29)30)36(43)41-17-15-26(16-18-41)35-40-32-9-4-5-10-33(32)42(35)23(2)37;1-2/h4-10,12-14,19-20,22-23,26,34H,3,11,15-18,21H2,1-2H3;1-2H3. The fourth-order valence-electron chi connectivity index (χ4n) is 6.50. The lowest BCUT2D eigenvalue weighted by atomic mass is 9.91. The summed E-state index contributed by atoms with van der Waals surface area (Å²) in [5, 5.41) is 0. The molecule has 2 heterocycles. The molecule has 3 aromatic carbocycles. The van der Waals surface area contributed by atoms with E-state index in [0.717, 1.165) is 45.5 Å². The van der Waals surface area contributed by atoms with Crippen LogP contribution in [0.2, 0.25) is 0 Å². The summed E-state index contributed by atoms with van der Waals surface area (Å²) in [4.78, 5) is 20.3. The van der Waals surface area contributed by atoms with Crippen LogP contribution in [-0.4, -0.2) is 39.9 Å².